The molecule has 0 atom stereocenters. The van der Waals surface area contributed by atoms with E-state index < -0.39 is 11.7 Å². The largest absolute Gasteiger partial charge is 0.418 e. The van der Waals surface area contributed by atoms with Crippen molar-refractivity contribution in [2.24, 2.45) is 0 Å². The SMILES string of the molecule is FC(F)(F)c1ccccc1N1CCN(C2CNC2)CC1. The van der Waals surface area contributed by atoms with Gasteiger partial charge in [-0.25, -0.2) is 0 Å². The van der Waals surface area contributed by atoms with Crippen molar-refractivity contribution in [3.63, 3.8) is 0 Å². The minimum absolute atomic E-state index is 0.311. The summed E-state index contributed by atoms with van der Waals surface area (Å²) in [5, 5.41) is 3.23. The zero-order valence-corrected chi connectivity index (χ0v) is 11.2. The van der Waals surface area contributed by atoms with Crippen molar-refractivity contribution in [2.75, 3.05) is 44.2 Å². The van der Waals surface area contributed by atoms with E-state index in [1.807, 2.05) is 4.90 Å². The number of hydrogen-bond donors (Lipinski definition) is 1. The van der Waals surface area contributed by atoms with Gasteiger partial charge < -0.3 is 10.2 Å². The molecule has 2 aliphatic heterocycles. The molecule has 1 aromatic rings. The van der Waals surface area contributed by atoms with Crippen LogP contribution in [0.3, 0.4) is 0 Å². The Morgan fingerprint density at radius 1 is 1.00 bits per heavy atom. The fourth-order valence-electron chi connectivity index (χ4n) is 2.85. The molecule has 0 radical (unpaired) electrons. The van der Waals surface area contributed by atoms with Crippen LogP contribution in [-0.2, 0) is 6.18 Å². The second kappa shape index (κ2) is 5.26. The summed E-state index contributed by atoms with van der Waals surface area (Å²) >= 11 is 0. The van der Waals surface area contributed by atoms with E-state index in [1.165, 1.54) is 6.07 Å². The van der Waals surface area contributed by atoms with Crippen LogP contribution in [0.25, 0.3) is 0 Å². The highest BCUT2D eigenvalue weighted by atomic mass is 19.4. The summed E-state index contributed by atoms with van der Waals surface area (Å²) in [6.45, 7) is 4.97. The molecule has 6 heteroatoms. The molecule has 3 nitrogen and oxygen atoms in total. The van der Waals surface area contributed by atoms with Gasteiger partial charge in [0, 0.05) is 51.0 Å². The van der Waals surface area contributed by atoms with E-state index in [0.29, 0.717) is 24.8 Å². The van der Waals surface area contributed by atoms with Crippen molar-refractivity contribution in [3.05, 3.63) is 29.8 Å². The number of para-hydroxylation sites is 1. The molecule has 0 spiro atoms. The highest BCUT2D eigenvalue weighted by Gasteiger charge is 2.35. The standard InChI is InChI=1S/C14H18F3N3/c15-14(16,17)12-3-1-2-4-13(12)20-7-5-19(6-8-20)11-9-18-10-11/h1-4,11,18H,5-10H2. The first-order valence-electron chi connectivity index (χ1n) is 6.91. The Labute approximate surface area is 116 Å². The molecule has 0 bridgehead atoms. The fourth-order valence-corrected chi connectivity index (χ4v) is 2.85. The minimum atomic E-state index is -4.29. The maximum atomic E-state index is 13.0. The van der Waals surface area contributed by atoms with Crippen LogP contribution >= 0.6 is 0 Å². The summed E-state index contributed by atoms with van der Waals surface area (Å²) in [5.41, 5.74) is -0.217. The predicted octanol–water partition coefficient (Wildman–Crippen LogP) is 1.80. The smallest absolute Gasteiger partial charge is 0.368 e. The molecule has 0 aliphatic carbocycles. The van der Waals surface area contributed by atoms with E-state index in [1.54, 1.807) is 12.1 Å². The van der Waals surface area contributed by atoms with Crippen molar-refractivity contribution < 1.29 is 13.2 Å². The van der Waals surface area contributed by atoms with Crippen LogP contribution in [0, 0.1) is 0 Å². The topological polar surface area (TPSA) is 18.5 Å². The van der Waals surface area contributed by atoms with Gasteiger partial charge in [0.2, 0.25) is 0 Å². The predicted molar refractivity (Wildman–Crippen MR) is 71.9 cm³/mol. The normalized spacial score (nSPS) is 21.9. The highest BCUT2D eigenvalue weighted by Crippen LogP contribution is 2.36. The van der Waals surface area contributed by atoms with Gasteiger partial charge in [-0.2, -0.15) is 13.2 Å². The number of benzene rings is 1. The first kappa shape index (κ1) is 13.7. The number of nitrogens with one attached hydrogen (secondary N) is 1. The quantitative estimate of drug-likeness (QED) is 0.894. The van der Waals surface area contributed by atoms with Crippen molar-refractivity contribution in [1.82, 2.24) is 10.2 Å². The second-order valence-corrected chi connectivity index (χ2v) is 5.35. The van der Waals surface area contributed by atoms with E-state index >= 15 is 0 Å². The van der Waals surface area contributed by atoms with Gasteiger partial charge in [-0.3, -0.25) is 4.90 Å². The van der Waals surface area contributed by atoms with Gasteiger partial charge in [-0.05, 0) is 12.1 Å². The summed E-state index contributed by atoms with van der Waals surface area (Å²) in [7, 11) is 0. The molecular weight excluding hydrogens is 267 g/mol. The molecule has 1 N–H and O–H groups in total. The molecule has 0 amide bonds. The van der Waals surface area contributed by atoms with E-state index in [2.05, 4.69) is 10.2 Å². The van der Waals surface area contributed by atoms with Crippen LogP contribution in [0.2, 0.25) is 0 Å². The Bertz CT molecular complexity index is 463. The third-order valence-electron chi connectivity index (χ3n) is 4.14. The molecule has 2 aliphatic rings. The first-order chi connectivity index (χ1) is 9.55. The van der Waals surface area contributed by atoms with E-state index in [0.717, 1.165) is 32.2 Å². The number of hydrogen-bond acceptors (Lipinski definition) is 3. The average molecular weight is 285 g/mol. The molecule has 20 heavy (non-hydrogen) atoms. The van der Waals surface area contributed by atoms with Gasteiger partial charge >= 0.3 is 6.18 Å². The number of anilines is 1. The number of halogens is 3. The molecule has 1 aromatic carbocycles. The van der Waals surface area contributed by atoms with Crippen LogP contribution in [0.15, 0.2) is 24.3 Å². The van der Waals surface area contributed by atoms with Crippen LogP contribution in [0.1, 0.15) is 5.56 Å². The van der Waals surface area contributed by atoms with Crippen molar-refractivity contribution in [2.45, 2.75) is 12.2 Å². The molecular formula is C14H18F3N3. The monoisotopic (exact) mass is 285 g/mol. The van der Waals surface area contributed by atoms with Gasteiger partial charge in [0.05, 0.1) is 5.56 Å². The molecule has 0 saturated carbocycles. The van der Waals surface area contributed by atoms with Crippen LogP contribution in [-0.4, -0.2) is 50.2 Å². The zero-order valence-electron chi connectivity index (χ0n) is 11.2. The van der Waals surface area contributed by atoms with Gasteiger partial charge in [0.25, 0.3) is 0 Å². The Morgan fingerprint density at radius 3 is 2.20 bits per heavy atom. The minimum Gasteiger partial charge on any atom is -0.368 e. The third-order valence-corrected chi connectivity index (χ3v) is 4.14. The van der Waals surface area contributed by atoms with Crippen LogP contribution in [0.5, 0.6) is 0 Å². The molecule has 3 rings (SSSR count). The van der Waals surface area contributed by atoms with Gasteiger partial charge in [0.1, 0.15) is 0 Å². The molecule has 2 heterocycles. The van der Waals surface area contributed by atoms with E-state index in [-0.39, 0.29) is 0 Å². The van der Waals surface area contributed by atoms with Gasteiger partial charge in [-0.15, -0.1) is 0 Å². The second-order valence-electron chi connectivity index (χ2n) is 5.35. The Hall–Kier alpha value is -1.27. The molecule has 0 unspecified atom stereocenters. The third kappa shape index (κ3) is 2.62. The fraction of sp³-hybridized carbons (Fsp3) is 0.571. The molecule has 110 valence electrons. The lowest BCUT2D eigenvalue weighted by Crippen LogP contribution is -2.61. The summed E-state index contributed by atoms with van der Waals surface area (Å²) in [6.07, 6.45) is -4.29. The lowest BCUT2D eigenvalue weighted by atomic mass is 10.1. The van der Waals surface area contributed by atoms with Crippen molar-refractivity contribution in [3.8, 4) is 0 Å². The van der Waals surface area contributed by atoms with Crippen molar-refractivity contribution >= 4 is 5.69 Å². The maximum absolute atomic E-state index is 13.0. The summed E-state index contributed by atoms with van der Waals surface area (Å²) in [4.78, 5) is 4.22. The number of alkyl halides is 3. The summed E-state index contributed by atoms with van der Waals surface area (Å²) in [6, 6.07) is 6.42. The summed E-state index contributed by atoms with van der Waals surface area (Å²) in [5.74, 6) is 0. The Balaban J connectivity index is 1.71. The summed E-state index contributed by atoms with van der Waals surface area (Å²) < 4.78 is 39.1. The first-order valence-corrected chi connectivity index (χ1v) is 6.91. The number of nitrogens with zero attached hydrogens (tertiary/aromatic N) is 2. The highest BCUT2D eigenvalue weighted by molar-refractivity contribution is 5.55. The lowest BCUT2D eigenvalue weighted by molar-refractivity contribution is -0.137. The maximum Gasteiger partial charge on any atom is 0.418 e. The number of piperazine rings is 1. The Kier molecular flexibility index (Phi) is 3.60. The van der Waals surface area contributed by atoms with Crippen LogP contribution < -0.4 is 10.2 Å². The molecule has 2 saturated heterocycles. The average Bonchev–Trinajstić information content (AvgIpc) is 2.37. The number of rotatable bonds is 2. The zero-order chi connectivity index (χ0) is 14.2. The van der Waals surface area contributed by atoms with Gasteiger partial charge in [0.15, 0.2) is 0 Å². The van der Waals surface area contributed by atoms with E-state index in [4.69, 9.17) is 0 Å². The molecule has 0 aromatic heterocycles. The Morgan fingerprint density at radius 2 is 1.65 bits per heavy atom. The van der Waals surface area contributed by atoms with Gasteiger partial charge in [-0.1, -0.05) is 12.1 Å². The van der Waals surface area contributed by atoms with Crippen molar-refractivity contribution in [1.29, 1.82) is 0 Å². The van der Waals surface area contributed by atoms with E-state index in [9.17, 15) is 13.2 Å². The lowest BCUT2D eigenvalue weighted by Gasteiger charge is -2.44. The van der Waals surface area contributed by atoms with Crippen LogP contribution in [0.4, 0.5) is 18.9 Å². The molecule has 2 fully saturated rings.